The Hall–Kier alpha value is -1.09. The lowest BCUT2D eigenvalue weighted by molar-refractivity contribution is 0.172. The molecule has 2 atom stereocenters. The number of benzene rings is 1. The largest absolute Gasteiger partial charge is 0.494 e. The van der Waals surface area contributed by atoms with Crippen LogP contribution in [0.15, 0.2) is 24.3 Å². The van der Waals surface area contributed by atoms with E-state index in [0.717, 1.165) is 17.7 Å². The Kier molecular flexibility index (Phi) is 3.15. The summed E-state index contributed by atoms with van der Waals surface area (Å²) in [5, 5.41) is 0. The molecule has 0 heterocycles. The second kappa shape index (κ2) is 4.42. The van der Waals surface area contributed by atoms with Crippen LogP contribution in [0.3, 0.4) is 0 Å². The third-order valence-electron chi connectivity index (χ3n) is 3.18. The van der Waals surface area contributed by atoms with Crippen LogP contribution >= 0.6 is 0 Å². The second-order valence-corrected chi connectivity index (χ2v) is 4.43. The summed E-state index contributed by atoms with van der Waals surface area (Å²) in [5.74, 6) is 0.789. The lowest BCUT2D eigenvalue weighted by Gasteiger charge is -2.20. The first-order valence-electron chi connectivity index (χ1n) is 5.82. The number of halogens is 1. The summed E-state index contributed by atoms with van der Waals surface area (Å²) in [7, 11) is 0. The van der Waals surface area contributed by atoms with E-state index in [1.807, 2.05) is 31.2 Å². The predicted molar refractivity (Wildman–Crippen MR) is 62.2 cm³/mol. The van der Waals surface area contributed by atoms with E-state index in [-0.39, 0.29) is 6.04 Å². The van der Waals surface area contributed by atoms with Gasteiger partial charge in [-0.15, -0.1) is 0 Å². The Bertz CT molecular complexity index is 351. The molecule has 0 aromatic heterocycles. The normalized spacial score (nSPS) is 29.3. The zero-order valence-electron chi connectivity index (χ0n) is 9.58. The van der Waals surface area contributed by atoms with Crippen LogP contribution in [0.5, 0.6) is 5.75 Å². The monoisotopic (exact) mass is 223 g/mol. The van der Waals surface area contributed by atoms with Gasteiger partial charge in [0.2, 0.25) is 0 Å². The minimum atomic E-state index is -1.23. The highest BCUT2D eigenvalue weighted by Gasteiger charge is 2.39. The second-order valence-electron chi connectivity index (χ2n) is 4.43. The molecule has 0 amide bonds. The maximum Gasteiger partial charge on any atom is 0.137 e. The molecule has 1 aliphatic rings. The fraction of sp³-hybridized carbons (Fsp3) is 0.538. The van der Waals surface area contributed by atoms with Gasteiger partial charge in [0, 0.05) is 12.5 Å². The third-order valence-corrected chi connectivity index (χ3v) is 3.18. The summed E-state index contributed by atoms with van der Waals surface area (Å²) < 4.78 is 19.8. The third kappa shape index (κ3) is 2.19. The van der Waals surface area contributed by atoms with Crippen LogP contribution in [-0.2, 0) is 5.67 Å². The lowest BCUT2D eigenvalue weighted by Crippen LogP contribution is -2.21. The van der Waals surface area contributed by atoms with Gasteiger partial charge in [0.15, 0.2) is 0 Å². The van der Waals surface area contributed by atoms with Crippen molar-refractivity contribution in [2.45, 2.75) is 37.9 Å². The van der Waals surface area contributed by atoms with Crippen LogP contribution in [0.25, 0.3) is 0 Å². The average molecular weight is 223 g/mol. The van der Waals surface area contributed by atoms with Gasteiger partial charge in [0.05, 0.1) is 6.61 Å². The molecule has 0 aliphatic heterocycles. The van der Waals surface area contributed by atoms with Gasteiger partial charge in [0.25, 0.3) is 0 Å². The van der Waals surface area contributed by atoms with Crippen molar-refractivity contribution in [3.05, 3.63) is 29.8 Å². The Morgan fingerprint density at radius 2 is 2.12 bits per heavy atom. The molecule has 16 heavy (non-hydrogen) atoms. The Balaban J connectivity index is 2.15. The molecule has 1 aromatic carbocycles. The number of rotatable bonds is 3. The van der Waals surface area contributed by atoms with Crippen LogP contribution in [0.1, 0.15) is 31.7 Å². The van der Waals surface area contributed by atoms with Gasteiger partial charge in [0.1, 0.15) is 11.4 Å². The van der Waals surface area contributed by atoms with E-state index < -0.39 is 5.67 Å². The van der Waals surface area contributed by atoms with Crippen LogP contribution in [0.2, 0.25) is 0 Å². The first-order valence-corrected chi connectivity index (χ1v) is 5.82. The molecule has 2 rings (SSSR count). The zero-order chi connectivity index (χ0) is 11.6. The molecule has 0 radical (unpaired) electrons. The standard InChI is InChI=1S/C13H18FNO/c1-2-16-12-5-3-10(4-6-12)13(14)8-7-11(15)9-13/h3-6,11H,2,7-9,15H2,1H3. The average Bonchev–Trinajstić information content (AvgIpc) is 2.61. The van der Waals surface area contributed by atoms with Crippen LogP contribution < -0.4 is 10.5 Å². The van der Waals surface area contributed by atoms with Crippen LogP contribution in [0.4, 0.5) is 4.39 Å². The van der Waals surface area contributed by atoms with E-state index in [1.54, 1.807) is 0 Å². The topological polar surface area (TPSA) is 35.2 Å². The quantitative estimate of drug-likeness (QED) is 0.855. The molecule has 0 spiro atoms. The molecule has 2 N–H and O–H groups in total. The van der Waals surface area contributed by atoms with Crippen molar-refractivity contribution in [2.24, 2.45) is 5.73 Å². The van der Waals surface area contributed by atoms with Gasteiger partial charge in [-0.3, -0.25) is 0 Å². The van der Waals surface area contributed by atoms with Gasteiger partial charge in [-0.05, 0) is 37.5 Å². The van der Waals surface area contributed by atoms with E-state index >= 15 is 0 Å². The molecule has 0 saturated heterocycles. The maximum atomic E-state index is 14.5. The lowest BCUT2D eigenvalue weighted by atomic mass is 9.94. The van der Waals surface area contributed by atoms with E-state index in [9.17, 15) is 4.39 Å². The minimum Gasteiger partial charge on any atom is -0.494 e. The number of hydrogen-bond donors (Lipinski definition) is 1. The molecule has 2 nitrogen and oxygen atoms in total. The highest BCUT2D eigenvalue weighted by Crippen LogP contribution is 2.42. The SMILES string of the molecule is CCOc1ccc(C2(F)CCC(N)C2)cc1. The highest BCUT2D eigenvalue weighted by atomic mass is 19.1. The summed E-state index contributed by atoms with van der Waals surface area (Å²) in [5.41, 5.74) is 5.25. The van der Waals surface area contributed by atoms with E-state index in [4.69, 9.17) is 10.5 Å². The van der Waals surface area contributed by atoms with Gasteiger partial charge in [-0.25, -0.2) is 4.39 Å². The van der Waals surface area contributed by atoms with Gasteiger partial charge >= 0.3 is 0 Å². The van der Waals surface area contributed by atoms with Crippen molar-refractivity contribution in [2.75, 3.05) is 6.61 Å². The molecule has 0 bridgehead atoms. The summed E-state index contributed by atoms with van der Waals surface area (Å²) in [6, 6.07) is 7.26. The maximum absolute atomic E-state index is 14.5. The number of hydrogen-bond acceptors (Lipinski definition) is 2. The van der Waals surface area contributed by atoms with Crippen molar-refractivity contribution >= 4 is 0 Å². The van der Waals surface area contributed by atoms with Gasteiger partial charge < -0.3 is 10.5 Å². The summed E-state index contributed by atoms with van der Waals surface area (Å²) in [6.07, 6.45) is 1.73. The smallest absolute Gasteiger partial charge is 0.137 e. The Labute approximate surface area is 95.6 Å². The minimum absolute atomic E-state index is 0.00318. The van der Waals surface area contributed by atoms with Crippen LogP contribution in [-0.4, -0.2) is 12.6 Å². The number of alkyl halides is 1. The number of nitrogens with two attached hydrogens (primary N) is 1. The summed E-state index contributed by atoms with van der Waals surface area (Å²) >= 11 is 0. The molecular formula is C13H18FNO. The number of ether oxygens (including phenoxy) is 1. The fourth-order valence-electron chi connectivity index (χ4n) is 2.31. The molecule has 3 heteroatoms. The molecule has 1 fully saturated rings. The summed E-state index contributed by atoms with van der Waals surface area (Å²) in [4.78, 5) is 0. The van der Waals surface area contributed by atoms with E-state index in [1.165, 1.54) is 0 Å². The predicted octanol–water partition coefficient (Wildman–Crippen LogP) is 2.76. The van der Waals surface area contributed by atoms with Crippen molar-refractivity contribution in [3.8, 4) is 5.75 Å². The molecule has 1 saturated carbocycles. The first-order chi connectivity index (χ1) is 7.64. The van der Waals surface area contributed by atoms with E-state index in [2.05, 4.69) is 0 Å². The Morgan fingerprint density at radius 1 is 1.44 bits per heavy atom. The van der Waals surface area contributed by atoms with Crippen molar-refractivity contribution in [3.63, 3.8) is 0 Å². The summed E-state index contributed by atoms with van der Waals surface area (Å²) in [6.45, 7) is 2.56. The zero-order valence-corrected chi connectivity index (χ0v) is 9.58. The molecular weight excluding hydrogens is 205 g/mol. The van der Waals surface area contributed by atoms with Crippen molar-refractivity contribution in [1.29, 1.82) is 0 Å². The Morgan fingerprint density at radius 3 is 2.62 bits per heavy atom. The first kappa shape index (κ1) is 11.4. The highest BCUT2D eigenvalue weighted by molar-refractivity contribution is 5.31. The molecule has 1 aliphatic carbocycles. The van der Waals surface area contributed by atoms with Gasteiger partial charge in [-0.2, -0.15) is 0 Å². The van der Waals surface area contributed by atoms with Crippen molar-refractivity contribution in [1.82, 2.24) is 0 Å². The van der Waals surface area contributed by atoms with Crippen LogP contribution in [0, 0.1) is 0 Å². The molecule has 88 valence electrons. The molecule has 2 unspecified atom stereocenters. The van der Waals surface area contributed by atoms with E-state index in [0.29, 0.717) is 19.4 Å². The fourth-order valence-corrected chi connectivity index (χ4v) is 2.31. The van der Waals surface area contributed by atoms with Crippen molar-refractivity contribution < 1.29 is 9.13 Å². The van der Waals surface area contributed by atoms with Gasteiger partial charge in [-0.1, -0.05) is 12.1 Å². The molecule has 1 aromatic rings.